The largest absolute Gasteiger partial charge is 0.412 e. The molecule has 1 saturated heterocycles. The molecule has 3 rings (SSSR count). The normalized spacial score (nSPS) is 16.0. The molecule has 110 valence electrons. The van der Waals surface area contributed by atoms with Gasteiger partial charge in [-0.05, 0) is 36.4 Å². The third-order valence-electron chi connectivity index (χ3n) is 2.90. The van der Waals surface area contributed by atoms with Gasteiger partial charge in [0.05, 0.1) is 11.0 Å². The molecule has 1 aromatic heterocycles. The maximum atomic E-state index is 12.4. The highest BCUT2D eigenvalue weighted by molar-refractivity contribution is 7.17. The molecule has 1 aliphatic rings. The fraction of sp³-hybridized carbons (Fsp3) is 0.0714. The van der Waals surface area contributed by atoms with E-state index in [1.165, 1.54) is 11.3 Å². The van der Waals surface area contributed by atoms with Crippen LogP contribution in [0.3, 0.4) is 0 Å². The van der Waals surface area contributed by atoms with E-state index in [9.17, 15) is 4.79 Å². The minimum atomic E-state index is -0.0724. The smallest absolute Gasteiger partial charge is 0.275 e. The Balaban J connectivity index is 0.00000161. The first-order valence-electron chi connectivity index (χ1n) is 5.92. The monoisotopic (exact) mass is 342 g/mol. The van der Waals surface area contributed by atoms with Crippen molar-refractivity contribution in [2.75, 3.05) is 11.6 Å². The molecule has 0 saturated carbocycles. The van der Waals surface area contributed by atoms with Gasteiger partial charge in [0.15, 0.2) is 0 Å². The van der Waals surface area contributed by atoms with E-state index >= 15 is 0 Å². The van der Waals surface area contributed by atoms with Crippen molar-refractivity contribution in [2.45, 2.75) is 0 Å². The number of anilines is 1. The predicted molar refractivity (Wildman–Crippen MR) is 87.9 cm³/mol. The number of rotatable bonds is 2. The molecule has 0 bridgehead atoms. The lowest BCUT2D eigenvalue weighted by Gasteiger charge is -2.13. The van der Waals surface area contributed by atoms with E-state index in [-0.39, 0.29) is 11.4 Å². The van der Waals surface area contributed by atoms with Crippen molar-refractivity contribution in [3.05, 3.63) is 56.3 Å². The van der Waals surface area contributed by atoms with E-state index in [1.54, 1.807) is 17.0 Å². The van der Waals surface area contributed by atoms with Crippen molar-refractivity contribution >= 4 is 52.2 Å². The van der Waals surface area contributed by atoms with Gasteiger partial charge in [-0.1, -0.05) is 29.3 Å². The van der Waals surface area contributed by atoms with Gasteiger partial charge in [-0.3, -0.25) is 9.69 Å². The molecule has 2 heterocycles. The summed E-state index contributed by atoms with van der Waals surface area (Å²) in [6, 6.07) is 10.9. The number of nitrogens with one attached hydrogen (secondary N) is 1. The minimum absolute atomic E-state index is 0. The van der Waals surface area contributed by atoms with Crippen LogP contribution in [0.1, 0.15) is 4.88 Å². The molecule has 0 atom stereocenters. The predicted octanol–water partition coefficient (Wildman–Crippen LogP) is 3.17. The molecule has 0 radical (unpaired) electrons. The highest BCUT2D eigenvalue weighted by Gasteiger charge is 2.26. The van der Waals surface area contributed by atoms with E-state index in [0.717, 1.165) is 10.6 Å². The van der Waals surface area contributed by atoms with Crippen LogP contribution in [-0.4, -0.2) is 18.1 Å². The van der Waals surface area contributed by atoms with Crippen molar-refractivity contribution in [1.82, 2.24) is 5.32 Å². The molecular formula is C14H12Cl2N2O2S. The van der Waals surface area contributed by atoms with E-state index in [1.807, 2.05) is 30.3 Å². The Morgan fingerprint density at radius 2 is 2.05 bits per heavy atom. The second-order valence-corrected chi connectivity index (χ2v) is 6.43. The molecule has 1 aliphatic heterocycles. The Kier molecular flexibility index (Phi) is 4.90. The third kappa shape index (κ3) is 3.39. The summed E-state index contributed by atoms with van der Waals surface area (Å²) in [5.41, 5.74) is 1.34. The third-order valence-corrected chi connectivity index (χ3v) is 4.32. The first-order chi connectivity index (χ1) is 9.63. The van der Waals surface area contributed by atoms with Crippen LogP contribution in [0, 0.1) is 0 Å². The van der Waals surface area contributed by atoms with Crippen LogP contribution in [-0.2, 0) is 4.79 Å². The maximum Gasteiger partial charge on any atom is 0.275 e. The first-order valence-corrected chi connectivity index (χ1v) is 7.49. The molecule has 1 fully saturated rings. The summed E-state index contributed by atoms with van der Waals surface area (Å²) < 4.78 is 0.703. The Labute approximate surface area is 135 Å². The van der Waals surface area contributed by atoms with Gasteiger partial charge < -0.3 is 10.8 Å². The van der Waals surface area contributed by atoms with Crippen LogP contribution < -0.4 is 10.2 Å². The molecule has 21 heavy (non-hydrogen) atoms. The van der Waals surface area contributed by atoms with Crippen molar-refractivity contribution < 1.29 is 10.3 Å². The Morgan fingerprint density at radius 3 is 2.71 bits per heavy atom. The summed E-state index contributed by atoms with van der Waals surface area (Å²) >= 11 is 13.3. The zero-order chi connectivity index (χ0) is 14.1. The van der Waals surface area contributed by atoms with E-state index in [4.69, 9.17) is 23.2 Å². The summed E-state index contributed by atoms with van der Waals surface area (Å²) in [4.78, 5) is 14.9. The maximum absolute atomic E-state index is 12.4. The number of hydrogen-bond acceptors (Lipinski definition) is 3. The fourth-order valence-corrected chi connectivity index (χ4v) is 3.16. The van der Waals surface area contributed by atoms with Gasteiger partial charge in [0, 0.05) is 15.6 Å². The van der Waals surface area contributed by atoms with Crippen LogP contribution in [0.5, 0.6) is 0 Å². The second kappa shape index (κ2) is 6.49. The first kappa shape index (κ1) is 15.9. The van der Waals surface area contributed by atoms with Gasteiger partial charge in [-0.2, -0.15) is 0 Å². The topological polar surface area (TPSA) is 63.8 Å². The molecule has 1 amide bonds. The number of carbonyl (C=O) groups excluding carboxylic acids is 1. The van der Waals surface area contributed by atoms with Gasteiger partial charge in [0.2, 0.25) is 0 Å². The number of thiophene rings is 1. The summed E-state index contributed by atoms with van der Waals surface area (Å²) in [7, 11) is 0. The number of halogens is 2. The standard InChI is InChI=1S/C14H10Cl2N2OS.H2O/c15-9-2-1-3-10(6-9)18-8-17-12(14(18)19)7-11-4-5-13(16)20-11;/h1-7,17H,8H2;1H2/b12-7-;. The van der Waals surface area contributed by atoms with Gasteiger partial charge in [-0.25, -0.2) is 0 Å². The van der Waals surface area contributed by atoms with Crippen LogP contribution in [0.2, 0.25) is 9.36 Å². The van der Waals surface area contributed by atoms with Gasteiger partial charge >= 0.3 is 0 Å². The molecule has 4 nitrogen and oxygen atoms in total. The molecule has 3 N–H and O–H groups in total. The highest BCUT2D eigenvalue weighted by Crippen LogP contribution is 2.26. The minimum Gasteiger partial charge on any atom is -0.412 e. The fourth-order valence-electron chi connectivity index (χ4n) is 1.97. The van der Waals surface area contributed by atoms with Crippen molar-refractivity contribution in [1.29, 1.82) is 0 Å². The molecule has 2 aromatic rings. The number of amides is 1. The number of hydrogen-bond donors (Lipinski definition) is 1. The Hall–Kier alpha value is -1.53. The average Bonchev–Trinajstić information content (AvgIpc) is 2.98. The lowest BCUT2D eigenvalue weighted by Crippen LogP contribution is -2.25. The zero-order valence-corrected chi connectivity index (χ0v) is 13.1. The average molecular weight is 343 g/mol. The molecule has 0 unspecified atom stereocenters. The SMILES string of the molecule is O.O=C1/C(=C/c2ccc(Cl)s2)NCN1c1cccc(Cl)c1. The lowest BCUT2D eigenvalue weighted by atomic mass is 10.3. The number of nitrogens with zero attached hydrogens (tertiary/aromatic N) is 1. The zero-order valence-electron chi connectivity index (χ0n) is 10.8. The van der Waals surface area contributed by atoms with Crippen LogP contribution in [0.15, 0.2) is 42.1 Å². The Bertz CT molecular complexity index is 700. The van der Waals surface area contributed by atoms with E-state index in [0.29, 0.717) is 21.7 Å². The van der Waals surface area contributed by atoms with E-state index < -0.39 is 0 Å². The summed E-state index contributed by atoms with van der Waals surface area (Å²) in [5.74, 6) is -0.0724. The van der Waals surface area contributed by atoms with Crippen molar-refractivity contribution in [3.63, 3.8) is 0 Å². The highest BCUT2D eigenvalue weighted by atomic mass is 35.5. The molecule has 1 aromatic carbocycles. The molecule has 0 spiro atoms. The summed E-state index contributed by atoms with van der Waals surface area (Å²) in [6.07, 6.45) is 1.81. The summed E-state index contributed by atoms with van der Waals surface area (Å²) in [6.45, 7) is 0.435. The number of carbonyl (C=O) groups is 1. The van der Waals surface area contributed by atoms with Gasteiger partial charge in [0.1, 0.15) is 5.70 Å². The molecular weight excluding hydrogens is 331 g/mol. The van der Waals surface area contributed by atoms with Crippen LogP contribution in [0.4, 0.5) is 5.69 Å². The summed E-state index contributed by atoms with van der Waals surface area (Å²) in [5, 5.41) is 3.70. The second-order valence-electron chi connectivity index (χ2n) is 4.25. The van der Waals surface area contributed by atoms with Crippen LogP contribution >= 0.6 is 34.5 Å². The van der Waals surface area contributed by atoms with Gasteiger partial charge in [0.25, 0.3) is 5.91 Å². The van der Waals surface area contributed by atoms with Crippen molar-refractivity contribution in [3.8, 4) is 0 Å². The van der Waals surface area contributed by atoms with E-state index in [2.05, 4.69) is 5.32 Å². The lowest BCUT2D eigenvalue weighted by molar-refractivity contribution is -0.114. The number of benzene rings is 1. The van der Waals surface area contributed by atoms with Crippen LogP contribution in [0.25, 0.3) is 6.08 Å². The van der Waals surface area contributed by atoms with Gasteiger partial charge in [-0.15, -0.1) is 11.3 Å². The van der Waals surface area contributed by atoms with Crippen molar-refractivity contribution in [2.24, 2.45) is 0 Å². The molecule has 0 aliphatic carbocycles. The quantitative estimate of drug-likeness (QED) is 0.852. The molecule has 7 heteroatoms. The Morgan fingerprint density at radius 1 is 1.24 bits per heavy atom.